The maximum absolute atomic E-state index is 12.8. The fraction of sp³-hybridized carbons (Fsp3) is 0.417. The number of amides is 2. The Morgan fingerprint density at radius 3 is 2.45 bits per heavy atom. The molecule has 0 saturated heterocycles. The summed E-state index contributed by atoms with van der Waals surface area (Å²) in [7, 11) is -3.88. The number of nitrogens with one attached hydrogen (secondary N) is 3. The van der Waals surface area contributed by atoms with E-state index >= 15 is 0 Å². The SMILES string of the molecule is CCOc1ccc(NS(=O)(=O)c2cccc(C(=O)NCCC(=O)NC3CCCCC3)c2)cc1. The Morgan fingerprint density at radius 2 is 1.76 bits per heavy atom. The van der Waals surface area contributed by atoms with E-state index in [4.69, 9.17) is 4.74 Å². The maximum Gasteiger partial charge on any atom is 0.261 e. The van der Waals surface area contributed by atoms with Crippen LogP contribution in [0.3, 0.4) is 0 Å². The van der Waals surface area contributed by atoms with Gasteiger partial charge in [-0.1, -0.05) is 25.3 Å². The molecule has 178 valence electrons. The van der Waals surface area contributed by atoms with Crippen LogP contribution in [0.2, 0.25) is 0 Å². The van der Waals surface area contributed by atoms with Gasteiger partial charge in [-0.15, -0.1) is 0 Å². The minimum absolute atomic E-state index is 0.0286. The van der Waals surface area contributed by atoms with E-state index in [2.05, 4.69) is 15.4 Å². The third kappa shape index (κ3) is 7.49. The number of anilines is 1. The third-order valence-corrected chi connectivity index (χ3v) is 6.81. The summed E-state index contributed by atoms with van der Waals surface area (Å²) in [5, 5.41) is 5.69. The van der Waals surface area contributed by atoms with Gasteiger partial charge in [0.2, 0.25) is 5.91 Å². The van der Waals surface area contributed by atoms with Crippen LogP contribution in [0.4, 0.5) is 5.69 Å². The summed E-state index contributed by atoms with van der Waals surface area (Å²) < 4.78 is 33.4. The predicted octanol–water partition coefficient (Wildman–Crippen LogP) is 3.45. The van der Waals surface area contributed by atoms with Gasteiger partial charge in [0.05, 0.1) is 11.5 Å². The van der Waals surface area contributed by atoms with Gasteiger partial charge in [-0.25, -0.2) is 8.42 Å². The summed E-state index contributed by atoms with van der Waals surface area (Å²) in [6.45, 7) is 2.57. The van der Waals surface area contributed by atoms with Crippen molar-refractivity contribution in [3.63, 3.8) is 0 Å². The highest BCUT2D eigenvalue weighted by molar-refractivity contribution is 7.92. The molecule has 0 bridgehead atoms. The van der Waals surface area contributed by atoms with Crippen LogP contribution < -0.4 is 20.1 Å². The molecule has 2 aromatic carbocycles. The third-order valence-electron chi connectivity index (χ3n) is 5.43. The second kappa shape index (κ2) is 11.7. The van der Waals surface area contributed by atoms with E-state index in [9.17, 15) is 18.0 Å². The van der Waals surface area contributed by atoms with Crippen LogP contribution in [0, 0.1) is 0 Å². The van der Waals surface area contributed by atoms with Crippen LogP contribution >= 0.6 is 0 Å². The molecule has 3 rings (SSSR count). The van der Waals surface area contributed by atoms with Crippen LogP contribution in [0.25, 0.3) is 0 Å². The second-order valence-corrected chi connectivity index (χ2v) is 9.68. The van der Waals surface area contributed by atoms with Gasteiger partial charge in [0.1, 0.15) is 5.75 Å². The molecule has 0 spiro atoms. The van der Waals surface area contributed by atoms with Gasteiger partial charge in [0.25, 0.3) is 15.9 Å². The molecule has 0 unspecified atom stereocenters. The molecule has 0 aliphatic heterocycles. The minimum atomic E-state index is -3.88. The van der Waals surface area contributed by atoms with E-state index in [1.54, 1.807) is 24.3 Å². The van der Waals surface area contributed by atoms with E-state index in [1.807, 2.05) is 6.92 Å². The standard InChI is InChI=1S/C24H31N3O5S/c1-2-32-21-13-11-20(12-14-21)27-33(30,31)22-10-6-7-18(17-22)24(29)25-16-15-23(28)26-19-8-4-3-5-9-19/h6-7,10-14,17,19,27H,2-5,8-9,15-16H2,1H3,(H,25,29)(H,26,28). The van der Waals surface area contributed by atoms with Crippen molar-refractivity contribution in [2.45, 2.75) is 56.4 Å². The Bertz CT molecular complexity index is 1050. The van der Waals surface area contributed by atoms with Crippen molar-refractivity contribution in [2.24, 2.45) is 0 Å². The van der Waals surface area contributed by atoms with Crippen LogP contribution in [-0.4, -0.2) is 39.4 Å². The molecule has 0 heterocycles. The van der Waals surface area contributed by atoms with Crippen molar-refractivity contribution in [3.8, 4) is 5.75 Å². The van der Waals surface area contributed by atoms with Gasteiger partial charge in [-0.05, 0) is 62.2 Å². The first kappa shape index (κ1) is 24.6. The zero-order chi connectivity index (χ0) is 23.7. The van der Waals surface area contributed by atoms with Gasteiger partial charge in [-0.3, -0.25) is 14.3 Å². The van der Waals surface area contributed by atoms with Gasteiger partial charge >= 0.3 is 0 Å². The molecule has 1 saturated carbocycles. The van der Waals surface area contributed by atoms with Gasteiger partial charge < -0.3 is 15.4 Å². The Labute approximate surface area is 195 Å². The smallest absolute Gasteiger partial charge is 0.261 e. The number of carbonyl (C=O) groups is 2. The van der Waals surface area contributed by atoms with E-state index in [1.165, 1.54) is 30.7 Å². The largest absolute Gasteiger partial charge is 0.494 e. The molecule has 33 heavy (non-hydrogen) atoms. The lowest BCUT2D eigenvalue weighted by atomic mass is 9.95. The summed E-state index contributed by atoms with van der Waals surface area (Å²) in [5.74, 6) is 0.128. The van der Waals surface area contributed by atoms with Crippen LogP contribution in [0.15, 0.2) is 53.4 Å². The molecular formula is C24H31N3O5S. The number of sulfonamides is 1. The van der Waals surface area contributed by atoms with Crippen LogP contribution in [-0.2, 0) is 14.8 Å². The molecule has 1 fully saturated rings. The molecule has 0 atom stereocenters. The van der Waals surface area contributed by atoms with Gasteiger partial charge in [0.15, 0.2) is 0 Å². The molecule has 0 radical (unpaired) electrons. The normalized spacial score (nSPS) is 14.3. The first-order chi connectivity index (χ1) is 15.9. The molecule has 3 N–H and O–H groups in total. The van der Waals surface area contributed by atoms with Gasteiger partial charge in [-0.2, -0.15) is 0 Å². The molecule has 8 nitrogen and oxygen atoms in total. The number of hydrogen-bond donors (Lipinski definition) is 3. The van der Waals surface area contributed by atoms with Crippen molar-refractivity contribution < 1.29 is 22.7 Å². The van der Waals surface area contributed by atoms with Crippen molar-refractivity contribution in [3.05, 3.63) is 54.1 Å². The first-order valence-electron chi connectivity index (χ1n) is 11.3. The second-order valence-electron chi connectivity index (χ2n) is 8.00. The molecule has 0 aromatic heterocycles. The van der Waals surface area contributed by atoms with Crippen molar-refractivity contribution in [1.29, 1.82) is 0 Å². The Morgan fingerprint density at radius 1 is 1.03 bits per heavy atom. The lowest BCUT2D eigenvalue weighted by Crippen LogP contribution is -2.38. The summed E-state index contributed by atoms with van der Waals surface area (Å²) in [6, 6.07) is 12.6. The zero-order valence-electron chi connectivity index (χ0n) is 18.8. The molecular weight excluding hydrogens is 442 g/mol. The Kier molecular flexibility index (Phi) is 8.71. The summed E-state index contributed by atoms with van der Waals surface area (Å²) in [6.07, 6.45) is 5.67. The molecule has 2 amide bonds. The number of carbonyl (C=O) groups excluding carboxylic acids is 2. The monoisotopic (exact) mass is 473 g/mol. The van der Waals surface area contributed by atoms with Gasteiger partial charge in [0, 0.05) is 30.3 Å². The van der Waals surface area contributed by atoms with E-state index in [0.717, 1.165) is 25.7 Å². The molecule has 1 aliphatic carbocycles. The lowest BCUT2D eigenvalue weighted by Gasteiger charge is -2.22. The summed E-state index contributed by atoms with van der Waals surface area (Å²) in [5.41, 5.74) is 0.592. The minimum Gasteiger partial charge on any atom is -0.494 e. The fourth-order valence-corrected chi connectivity index (χ4v) is 4.85. The predicted molar refractivity (Wildman–Crippen MR) is 127 cm³/mol. The number of ether oxygens (including phenoxy) is 1. The topological polar surface area (TPSA) is 114 Å². The Hall–Kier alpha value is -3.07. The highest BCUT2D eigenvalue weighted by atomic mass is 32.2. The average Bonchev–Trinajstić information content (AvgIpc) is 2.81. The molecule has 2 aromatic rings. The summed E-state index contributed by atoms with van der Waals surface area (Å²) in [4.78, 5) is 24.5. The van der Waals surface area contributed by atoms with E-state index < -0.39 is 15.9 Å². The lowest BCUT2D eigenvalue weighted by molar-refractivity contribution is -0.121. The number of rotatable bonds is 10. The van der Waals surface area contributed by atoms with Crippen molar-refractivity contribution >= 4 is 27.5 Å². The molecule has 1 aliphatic rings. The fourth-order valence-electron chi connectivity index (χ4n) is 3.74. The highest BCUT2D eigenvalue weighted by Crippen LogP contribution is 2.20. The molecule has 9 heteroatoms. The van der Waals surface area contributed by atoms with E-state index in [-0.39, 0.29) is 35.4 Å². The number of benzene rings is 2. The highest BCUT2D eigenvalue weighted by Gasteiger charge is 2.18. The average molecular weight is 474 g/mol. The Balaban J connectivity index is 1.54. The van der Waals surface area contributed by atoms with Crippen molar-refractivity contribution in [1.82, 2.24) is 10.6 Å². The quantitative estimate of drug-likeness (QED) is 0.489. The van der Waals surface area contributed by atoms with Crippen LogP contribution in [0.5, 0.6) is 5.75 Å². The first-order valence-corrected chi connectivity index (χ1v) is 12.8. The van der Waals surface area contributed by atoms with Crippen molar-refractivity contribution in [2.75, 3.05) is 17.9 Å². The zero-order valence-corrected chi connectivity index (χ0v) is 19.6. The van der Waals surface area contributed by atoms with Crippen LogP contribution in [0.1, 0.15) is 55.8 Å². The summed E-state index contributed by atoms with van der Waals surface area (Å²) >= 11 is 0. The van der Waals surface area contributed by atoms with E-state index in [0.29, 0.717) is 18.0 Å². The number of hydrogen-bond acceptors (Lipinski definition) is 5. The maximum atomic E-state index is 12.8.